The van der Waals surface area contributed by atoms with E-state index in [1.807, 2.05) is 31.2 Å². The maximum absolute atomic E-state index is 13.7. The number of nitrogens with one attached hydrogen (secondary N) is 1. The van der Waals surface area contributed by atoms with Crippen molar-refractivity contribution in [3.05, 3.63) is 72.3 Å². The van der Waals surface area contributed by atoms with Gasteiger partial charge in [-0.1, -0.05) is 25.5 Å². The van der Waals surface area contributed by atoms with Gasteiger partial charge in [-0.3, -0.25) is 9.10 Å². The first-order valence-electron chi connectivity index (χ1n) is 12.8. The molecule has 0 saturated heterocycles. The summed E-state index contributed by atoms with van der Waals surface area (Å²) in [7, 11) is -1.26. The van der Waals surface area contributed by atoms with E-state index < -0.39 is 22.5 Å². The fourth-order valence-electron chi connectivity index (χ4n) is 3.88. The van der Waals surface area contributed by atoms with Gasteiger partial charge >= 0.3 is 0 Å². The molecule has 3 rings (SSSR count). The molecular weight excluding hydrogens is 520 g/mol. The van der Waals surface area contributed by atoms with Crippen LogP contribution in [0.15, 0.2) is 71.6 Å². The summed E-state index contributed by atoms with van der Waals surface area (Å²) in [5, 5.41) is 2.74. The molecule has 210 valence electrons. The second-order valence-electron chi connectivity index (χ2n) is 8.55. The van der Waals surface area contributed by atoms with Gasteiger partial charge in [0.2, 0.25) is 5.91 Å². The lowest BCUT2D eigenvalue weighted by Gasteiger charge is -2.24. The summed E-state index contributed by atoms with van der Waals surface area (Å²) in [5.74, 6) is 1.47. The van der Waals surface area contributed by atoms with Crippen LogP contribution in [0.2, 0.25) is 0 Å². The molecule has 1 N–H and O–H groups in total. The standard InChI is InChI=1S/C29H36N2O7S/c1-5-7-22-8-12-25(13-9-22)38-19-18-30-29(32)21-31(23-10-14-24(15-11-23)37-6-2)39(33,34)26-16-17-27(35-3)28(20-26)36-4/h8-17,20H,5-7,18-19,21H2,1-4H3,(H,30,32). The fraction of sp³-hybridized carbons (Fsp3) is 0.345. The van der Waals surface area contributed by atoms with Gasteiger partial charge in [-0.25, -0.2) is 8.42 Å². The van der Waals surface area contributed by atoms with E-state index in [-0.39, 0.29) is 23.8 Å². The minimum atomic E-state index is -4.15. The summed E-state index contributed by atoms with van der Waals surface area (Å²) >= 11 is 0. The van der Waals surface area contributed by atoms with E-state index in [0.717, 1.165) is 17.1 Å². The zero-order valence-electron chi connectivity index (χ0n) is 22.8. The largest absolute Gasteiger partial charge is 0.494 e. The second kappa shape index (κ2) is 14.3. The lowest BCUT2D eigenvalue weighted by Crippen LogP contribution is -2.41. The van der Waals surface area contributed by atoms with Crippen molar-refractivity contribution in [3.63, 3.8) is 0 Å². The average molecular weight is 557 g/mol. The van der Waals surface area contributed by atoms with Gasteiger partial charge in [-0.05, 0) is 67.4 Å². The number of hydrogen-bond acceptors (Lipinski definition) is 7. The first-order chi connectivity index (χ1) is 18.8. The van der Waals surface area contributed by atoms with E-state index in [4.69, 9.17) is 18.9 Å². The van der Waals surface area contributed by atoms with Crippen LogP contribution >= 0.6 is 0 Å². The van der Waals surface area contributed by atoms with E-state index in [0.29, 0.717) is 29.5 Å². The Morgan fingerprint density at radius 3 is 2.10 bits per heavy atom. The van der Waals surface area contributed by atoms with Gasteiger partial charge in [0.15, 0.2) is 11.5 Å². The Bertz CT molecular complexity index is 1310. The number of benzene rings is 3. The molecule has 39 heavy (non-hydrogen) atoms. The molecule has 0 saturated carbocycles. The van der Waals surface area contributed by atoms with E-state index in [9.17, 15) is 13.2 Å². The summed E-state index contributed by atoms with van der Waals surface area (Å²) in [6, 6.07) is 18.6. The zero-order valence-corrected chi connectivity index (χ0v) is 23.6. The monoisotopic (exact) mass is 556 g/mol. The lowest BCUT2D eigenvalue weighted by atomic mass is 10.1. The molecule has 0 aromatic heterocycles. The minimum absolute atomic E-state index is 0.0447. The van der Waals surface area contributed by atoms with Crippen LogP contribution < -0.4 is 28.6 Å². The van der Waals surface area contributed by atoms with Gasteiger partial charge in [0.25, 0.3) is 10.0 Å². The fourth-order valence-corrected chi connectivity index (χ4v) is 5.32. The van der Waals surface area contributed by atoms with Crippen LogP contribution in [0.5, 0.6) is 23.0 Å². The van der Waals surface area contributed by atoms with Crippen LogP contribution in [0.4, 0.5) is 5.69 Å². The number of anilines is 1. The van der Waals surface area contributed by atoms with Crippen LogP contribution in [0.1, 0.15) is 25.8 Å². The molecule has 0 bridgehead atoms. The molecule has 9 nitrogen and oxygen atoms in total. The molecule has 3 aromatic rings. The summed E-state index contributed by atoms with van der Waals surface area (Å²) in [5.41, 5.74) is 1.55. The Morgan fingerprint density at radius 2 is 1.49 bits per heavy atom. The first kappa shape index (κ1) is 29.6. The SMILES string of the molecule is CCCc1ccc(OCCNC(=O)CN(c2ccc(OCC)cc2)S(=O)(=O)c2ccc(OC)c(OC)c2)cc1. The number of rotatable bonds is 15. The van der Waals surface area contributed by atoms with Crippen molar-refractivity contribution in [2.24, 2.45) is 0 Å². The van der Waals surface area contributed by atoms with E-state index >= 15 is 0 Å². The van der Waals surface area contributed by atoms with Crippen LogP contribution in [-0.2, 0) is 21.2 Å². The van der Waals surface area contributed by atoms with Crippen LogP contribution in [0.25, 0.3) is 0 Å². The Morgan fingerprint density at radius 1 is 0.846 bits per heavy atom. The third kappa shape index (κ3) is 8.03. The summed E-state index contributed by atoms with van der Waals surface area (Å²) in [6.45, 7) is 4.48. The number of carbonyl (C=O) groups excluding carboxylic acids is 1. The summed E-state index contributed by atoms with van der Waals surface area (Å²) < 4.78 is 50.2. The molecule has 0 aliphatic rings. The lowest BCUT2D eigenvalue weighted by molar-refractivity contribution is -0.119. The van der Waals surface area contributed by atoms with Gasteiger partial charge in [0.05, 0.1) is 38.0 Å². The van der Waals surface area contributed by atoms with Gasteiger partial charge < -0.3 is 24.3 Å². The van der Waals surface area contributed by atoms with Crippen molar-refractivity contribution in [3.8, 4) is 23.0 Å². The molecule has 3 aromatic carbocycles. The highest BCUT2D eigenvalue weighted by atomic mass is 32.2. The predicted octanol–water partition coefficient (Wildman–Crippen LogP) is 4.45. The van der Waals surface area contributed by atoms with Crippen LogP contribution in [-0.4, -0.2) is 54.8 Å². The van der Waals surface area contributed by atoms with Crippen molar-refractivity contribution in [1.82, 2.24) is 5.32 Å². The number of methoxy groups -OCH3 is 2. The van der Waals surface area contributed by atoms with Gasteiger partial charge in [0.1, 0.15) is 24.7 Å². The zero-order chi connectivity index (χ0) is 28.3. The molecule has 1 amide bonds. The molecule has 0 radical (unpaired) electrons. The number of nitrogens with zero attached hydrogens (tertiary/aromatic N) is 1. The van der Waals surface area contributed by atoms with Crippen molar-refractivity contribution >= 4 is 21.6 Å². The van der Waals surface area contributed by atoms with Crippen molar-refractivity contribution in [2.45, 2.75) is 31.6 Å². The topological polar surface area (TPSA) is 103 Å². The first-order valence-corrected chi connectivity index (χ1v) is 14.2. The highest BCUT2D eigenvalue weighted by Crippen LogP contribution is 2.32. The van der Waals surface area contributed by atoms with E-state index in [1.54, 1.807) is 24.3 Å². The highest BCUT2D eigenvalue weighted by molar-refractivity contribution is 7.92. The number of carbonyl (C=O) groups is 1. The minimum Gasteiger partial charge on any atom is -0.494 e. The number of aryl methyl sites for hydroxylation is 1. The summed E-state index contributed by atoms with van der Waals surface area (Å²) in [4.78, 5) is 12.8. The van der Waals surface area contributed by atoms with Crippen LogP contribution in [0.3, 0.4) is 0 Å². The Hall–Kier alpha value is -3.92. The molecule has 0 spiro atoms. The quantitative estimate of drug-likeness (QED) is 0.276. The molecule has 0 atom stereocenters. The van der Waals surface area contributed by atoms with Crippen molar-refractivity contribution in [1.29, 1.82) is 0 Å². The molecule has 0 fully saturated rings. The maximum atomic E-state index is 13.7. The van der Waals surface area contributed by atoms with E-state index in [2.05, 4.69) is 12.2 Å². The molecule has 0 unspecified atom stereocenters. The van der Waals surface area contributed by atoms with Gasteiger partial charge in [-0.15, -0.1) is 0 Å². The average Bonchev–Trinajstić information content (AvgIpc) is 2.95. The van der Waals surface area contributed by atoms with Gasteiger partial charge in [-0.2, -0.15) is 0 Å². The molecule has 0 heterocycles. The highest BCUT2D eigenvalue weighted by Gasteiger charge is 2.28. The van der Waals surface area contributed by atoms with Crippen LogP contribution in [0, 0.1) is 0 Å². The molecular formula is C29H36N2O7S. The maximum Gasteiger partial charge on any atom is 0.264 e. The number of amides is 1. The Balaban J connectivity index is 1.74. The molecule has 0 aliphatic carbocycles. The summed E-state index contributed by atoms with van der Waals surface area (Å²) in [6.07, 6.45) is 2.08. The van der Waals surface area contributed by atoms with Crippen molar-refractivity contribution in [2.75, 3.05) is 44.8 Å². The van der Waals surface area contributed by atoms with Crippen molar-refractivity contribution < 1.29 is 32.2 Å². The molecule has 0 aliphatic heterocycles. The number of ether oxygens (including phenoxy) is 4. The second-order valence-corrected chi connectivity index (χ2v) is 10.4. The third-order valence-corrected chi connectivity index (χ3v) is 7.59. The smallest absolute Gasteiger partial charge is 0.264 e. The van der Waals surface area contributed by atoms with E-state index in [1.165, 1.54) is 38.0 Å². The number of sulfonamides is 1. The Labute approximate surface area is 230 Å². The predicted molar refractivity (Wildman–Crippen MR) is 151 cm³/mol. The van der Waals surface area contributed by atoms with Gasteiger partial charge in [0, 0.05) is 6.07 Å². The normalized spacial score (nSPS) is 11.0. The Kier molecular flexibility index (Phi) is 10.9. The third-order valence-electron chi connectivity index (χ3n) is 5.82. The molecule has 10 heteroatoms. The number of hydrogen-bond donors (Lipinski definition) is 1.